The number of likely N-dealkylation sites (tertiary alicyclic amines) is 1. The van der Waals surface area contributed by atoms with Crippen LogP contribution in [0.5, 0.6) is 0 Å². The van der Waals surface area contributed by atoms with Crippen molar-refractivity contribution in [2.45, 2.75) is 43.9 Å². The zero-order valence-electron chi connectivity index (χ0n) is 15.7. The summed E-state index contributed by atoms with van der Waals surface area (Å²) in [6, 6.07) is 11.9. The van der Waals surface area contributed by atoms with Crippen LogP contribution in [0.2, 0.25) is 0 Å². The smallest absolute Gasteiger partial charge is 0.110 e. The first-order valence-electron chi connectivity index (χ1n) is 9.70. The van der Waals surface area contributed by atoms with E-state index in [0.29, 0.717) is 18.2 Å². The number of piperidine rings is 1. The average molecular weight is 344 g/mol. The third-order valence-electron chi connectivity index (χ3n) is 5.60. The van der Waals surface area contributed by atoms with Gasteiger partial charge in [-0.3, -0.25) is 0 Å². The second kappa shape index (κ2) is 9.37. The van der Waals surface area contributed by atoms with E-state index < -0.39 is 0 Å². The van der Waals surface area contributed by atoms with Crippen molar-refractivity contribution in [3.05, 3.63) is 48.2 Å². The second-order valence-electron chi connectivity index (χ2n) is 7.55. The van der Waals surface area contributed by atoms with Crippen LogP contribution in [-0.4, -0.2) is 62.2 Å². The lowest BCUT2D eigenvalue weighted by atomic mass is 10.0. The predicted molar refractivity (Wildman–Crippen MR) is 104 cm³/mol. The van der Waals surface area contributed by atoms with Crippen molar-refractivity contribution in [1.82, 2.24) is 15.1 Å². The van der Waals surface area contributed by atoms with Gasteiger partial charge >= 0.3 is 0 Å². The van der Waals surface area contributed by atoms with E-state index in [4.69, 9.17) is 4.74 Å². The van der Waals surface area contributed by atoms with Gasteiger partial charge in [0.25, 0.3) is 0 Å². The van der Waals surface area contributed by atoms with Gasteiger partial charge < -0.3 is 19.9 Å². The van der Waals surface area contributed by atoms with Crippen molar-refractivity contribution < 1.29 is 4.74 Å². The van der Waals surface area contributed by atoms with Gasteiger partial charge in [0.15, 0.2) is 0 Å². The molecule has 0 spiro atoms. The van der Waals surface area contributed by atoms with Gasteiger partial charge in [-0.2, -0.15) is 0 Å². The third kappa shape index (κ3) is 5.56. The molecular weight excluding hydrogens is 310 g/mol. The Hall–Kier alpha value is -1.36. The monoisotopic (exact) mass is 343 g/mol. The molecule has 1 N–H and O–H groups in total. The molecule has 2 aliphatic heterocycles. The molecule has 25 heavy (non-hydrogen) atoms. The number of hydrogen-bond donors (Lipinski definition) is 1. The van der Waals surface area contributed by atoms with Crippen LogP contribution in [0.4, 0.5) is 0 Å². The standard InChI is InChI=1S/C21H33N3O/c1-23-13-11-19(12-14-23)24(2)17-21(18-8-4-3-5-9-18)22-16-20-10-6-7-15-25-20/h3-5,7-9,15,19-22H,6,10-14,16-17H2,1-2H3/t20-,21-/m1/s1. The van der Waals surface area contributed by atoms with Crippen LogP contribution in [0.25, 0.3) is 0 Å². The molecule has 1 fully saturated rings. The highest BCUT2D eigenvalue weighted by atomic mass is 16.5. The maximum absolute atomic E-state index is 5.74. The maximum atomic E-state index is 5.74. The maximum Gasteiger partial charge on any atom is 0.110 e. The van der Waals surface area contributed by atoms with E-state index in [1.165, 1.54) is 31.5 Å². The van der Waals surface area contributed by atoms with Crippen molar-refractivity contribution in [3.8, 4) is 0 Å². The molecule has 1 aromatic rings. The molecule has 0 amide bonds. The topological polar surface area (TPSA) is 27.7 Å². The molecule has 0 radical (unpaired) electrons. The van der Waals surface area contributed by atoms with E-state index in [1.54, 1.807) is 0 Å². The summed E-state index contributed by atoms with van der Waals surface area (Å²) in [5.41, 5.74) is 1.37. The van der Waals surface area contributed by atoms with Crippen LogP contribution in [0, 0.1) is 0 Å². The molecule has 1 aromatic carbocycles. The highest BCUT2D eigenvalue weighted by Crippen LogP contribution is 2.20. The quantitative estimate of drug-likeness (QED) is 0.824. The first kappa shape index (κ1) is 18.4. The van der Waals surface area contributed by atoms with Gasteiger partial charge in [0.05, 0.1) is 6.26 Å². The molecule has 0 aromatic heterocycles. The van der Waals surface area contributed by atoms with Crippen LogP contribution in [0.15, 0.2) is 42.7 Å². The van der Waals surface area contributed by atoms with E-state index in [9.17, 15) is 0 Å². The lowest BCUT2D eigenvalue weighted by Crippen LogP contribution is -2.45. The zero-order chi connectivity index (χ0) is 17.5. The van der Waals surface area contributed by atoms with E-state index >= 15 is 0 Å². The molecule has 138 valence electrons. The van der Waals surface area contributed by atoms with E-state index in [0.717, 1.165) is 25.9 Å². The summed E-state index contributed by atoms with van der Waals surface area (Å²) in [7, 11) is 4.51. The summed E-state index contributed by atoms with van der Waals surface area (Å²) >= 11 is 0. The van der Waals surface area contributed by atoms with Gasteiger partial charge in [-0.05, 0) is 64.5 Å². The molecule has 0 aliphatic carbocycles. The van der Waals surface area contributed by atoms with E-state index in [2.05, 4.69) is 65.6 Å². The van der Waals surface area contributed by atoms with Crippen LogP contribution in [0.1, 0.15) is 37.3 Å². The number of ether oxygens (including phenoxy) is 1. The Morgan fingerprint density at radius 1 is 1.20 bits per heavy atom. The van der Waals surface area contributed by atoms with Crippen molar-refractivity contribution in [3.63, 3.8) is 0 Å². The summed E-state index contributed by atoms with van der Waals surface area (Å²) in [5, 5.41) is 3.77. The fourth-order valence-corrected chi connectivity index (χ4v) is 3.85. The van der Waals surface area contributed by atoms with E-state index in [-0.39, 0.29) is 0 Å². The normalized spacial score (nSPS) is 23.6. The Kier molecular flexibility index (Phi) is 6.91. The summed E-state index contributed by atoms with van der Waals surface area (Å²) in [6.45, 7) is 4.37. The molecule has 4 heteroatoms. The Balaban J connectivity index is 1.58. The summed E-state index contributed by atoms with van der Waals surface area (Å²) < 4.78 is 5.74. The molecule has 1 saturated heterocycles. The van der Waals surface area contributed by atoms with Gasteiger partial charge in [0.2, 0.25) is 0 Å². The first-order valence-corrected chi connectivity index (χ1v) is 9.70. The Morgan fingerprint density at radius 3 is 2.64 bits per heavy atom. The first-order chi connectivity index (χ1) is 12.2. The Morgan fingerprint density at radius 2 is 1.96 bits per heavy atom. The number of allylic oxidation sites excluding steroid dienone is 1. The van der Waals surface area contributed by atoms with Crippen molar-refractivity contribution in [2.24, 2.45) is 0 Å². The SMILES string of the molecule is CN1CCC(N(C)C[C@@H](NC[C@H]2CCC=CO2)c2ccccc2)CC1. The largest absolute Gasteiger partial charge is 0.497 e. The minimum absolute atomic E-state index is 0.296. The van der Waals surface area contributed by atoms with Gasteiger partial charge in [0.1, 0.15) is 6.10 Å². The molecule has 0 bridgehead atoms. The van der Waals surface area contributed by atoms with Crippen molar-refractivity contribution in [1.29, 1.82) is 0 Å². The second-order valence-corrected chi connectivity index (χ2v) is 7.55. The summed E-state index contributed by atoms with van der Waals surface area (Å²) in [6.07, 6.45) is 9.03. The van der Waals surface area contributed by atoms with Gasteiger partial charge in [0, 0.05) is 25.2 Å². The predicted octanol–water partition coefficient (Wildman–Crippen LogP) is 3.04. The fraction of sp³-hybridized carbons (Fsp3) is 0.619. The Labute approximate surface area is 152 Å². The van der Waals surface area contributed by atoms with Crippen LogP contribution >= 0.6 is 0 Å². The van der Waals surface area contributed by atoms with Crippen molar-refractivity contribution in [2.75, 3.05) is 40.3 Å². The van der Waals surface area contributed by atoms with Gasteiger partial charge in [-0.1, -0.05) is 30.3 Å². The zero-order valence-corrected chi connectivity index (χ0v) is 15.7. The van der Waals surface area contributed by atoms with Crippen LogP contribution in [0.3, 0.4) is 0 Å². The average Bonchev–Trinajstić information content (AvgIpc) is 2.67. The summed E-state index contributed by atoms with van der Waals surface area (Å²) in [4.78, 5) is 4.99. The molecule has 2 aliphatic rings. The molecule has 2 heterocycles. The third-order valence-corrected chi connectivity index (χ3v) is 5.60. The Bertz CT molecular complexity index is 525. The highest BCUT2D eigenvalue weighted by Gasteiger charge is 2.24. The minimum Gasteiger partial charge on any atom is -0.497 e. The lowest BCUT2D eigenvalue weighted by molar-refractivity contribution is 0.108. The van der Waals surface area contributed by atoms with E-state index in [1.807, 2.05) is 6.26 Å². The number of likely N-dealkylation sites (N-methyl/N-ethyl adjacent to an activating group) is 1. The molecule has 2 atom stereocenters. The van der Waals surface area contributed by atoms with Gasteiger partial charge in [-0.25, -0.2) is 0 Å². The molecular formula is C21H33N3O. The van der Waals surface area contributed by atoms with Gasteiger partial charge in [-0.15, -0.1) is 0 Å². The number of hydrogen-bond acceptors (Lipinski definition) is 4. The lowest BCUT2D eigenvalue weighted by Gasteiger charge is -2.37. The molecule has 4 nitrogen and oxygen atoms in total. The number of benzene rings is 1. The van der Waals surface area contributed by atoms with Crippen molar-refractivity contribution >= 4 is 0 Å². The van der Waals surface area contributed by atoms with Crippen LogP contribution < -0.4 is 5.32 Å². The van der Waals surface area contributed by atoms with Crippen LogP contribution in [-0.2, 0) is 4.74 Å². The minimum atomic E-state index is 0.296. The summed E-state index contributed by atoms with van der Waals surface area (Å²) in [5.74, 6) is 0. The number of nitrogens with one attached hydrogen (secondary N) is 1. The fourth-order valence-electron chi connectivity index (χ4n) is 3.85. The number of rotatable bonds is 7. The molecule has 3 rings (SSSR count). The number of nitrogens with zero attached hydrogens (tertiary/aromatic N) is 2. The highest BCUT2D eigenvalue weighted by molar-refractivity contribution is 5.19. The molecule has 0 saturated carbocycles. The molecule has 0 unspecified atom stereocenters.